The van der Waals surface area contributed by atoms with Crippen LogP contribution in [-0.2, 0) is 16.6 Å². The minimum Gasteiger partial charge on any atom is -0.390 e. The highest BCUT2D eigenvalue weighted by molar-refractivity contribution is 5.28. The Morgan fingerprint density at radius 3 is 1.94 bits per heavy atom. The Kier molecular flexibility index (Phi) is 4.57. The van der Waals surface area contributed by atoms with Crippen molar-refractivity contribution in [1.82, 2.24) is 0 Å². The molecule has 1 atom stereocenters. The molecule has 0 spiro atoms. The van der Waals surface area contributed by atoms with Gasteiger partial charge in [0.25, 0.3) is 0 Å². The second kappa shape index (κ2) is 5.41. The molecule has 102 valence electrons. The minimum atomic E-state index is -0.511. The summed E-state index contributed by atoms with van der Waals surface area (Å²) in [5.41, 5.74) is 2.11. The molecule has 1 aromatic carbocycles. The van der Waals surface area contributed by atoms with Gasteiger partial charge in [-0.3, -0.25) is 0 Å². The molecule has 1 N–H and O–H groups in total. The van der Waals surface area contributed by atoms with Crippen molar-refractivity contribution in [3.8, 4) is 0 Å². The molecule has 0 saturated carbocycles. The van der Waals surface area contributed by atoms with Gasteiger partial charge < -0.3 is 9.84 Å². The summed E-state index contributed by atoms with van der Waals surface area (Å²) in [6.07, 6.45) is 0.119. The normalized spacial score (nSPS) is 14.6. The molecule has 0 bridgehead atoms. The number of ether oxygens (including phenoxy) is 1. The minimum absolute atomic E-state index is 0.170. The maximum absolute atomic E-state index is 10.1. The van der Waals surface area contributed by atoms with E-state index in [9.17, 15) is 5.11 Å². The lowest BCUT2D eigenvalue weighted by Gasteiger charge is -2.29. The van der Waals surface area contributed by atoms with Crippen LogP contribution in [0.2, 0.25) is 0 Å². The van der Waals surface area contributed by atoms with Crippen LogP contribution in [0.4, 0.5) is 0 Å². The lowest BCUT2D eigenvalue weighted by molar-refractivity contribution is -0.0764. The standard InChI is InChI=1S/C16H26O2/c1-15(2,3)13-9-7-12(8-10-13)11-14(17)16(4,5)18-6/h7-10,14,17H,11H2,1-6H3. The van der Waals surface area contributed by atoms with Crippen molar-refractivity contribution in [2.75, 3.05) is 7.11 Å². The summed E-state index contributed by atoms with van der Waals surface area (Å²) >= 11 is 0. The van der Waals surface area contributed by atoms with E-state index < -0.39 is 11.7 Å². The van der Waals surface area contributed by atoms with E-state index in [4.69, 9.17) is 4.74 Å². The Balaban J connectivity index is 2.76. The van der Waals surface area contributed by atoms with Gasteiger partial charge in [0.1, 0.15) is 0 Å². The Hall–Kier alpha value is -0.860. The van der Waals surface area contributed by atoms with E-state index in [0.717, 1.165) is 5.56 Å². The van der Waals surface area contributed by atoms with Gasteiger partial charge in [-0.15, -0.1) is 0 Å². The molecular weight excluding hydrogens is 224 g/mol. The summed E-state index contributed by atoms with van der Waals surface area (Å²) in [5.74, 6) is 0. The number of benzene rings is 1. The van der Waals surface area contributed by atoms with Gasteiger partial charge in [-0.05, 0) is 30.4 Å². The first-order chi connectivity index (χ1) is 8.16. The van der Waals surface area contributed by atoms with E-state index in [1.54, 1.807) is 7.11 Å². The fraction of sp³-hybridized carbons (Fsp3) is 0.625. The highest BCUT2D eigenvalue weighted by Crippen LogP contribution is 2.23. The molecule has 18 heavy (non-hydrogen) atoms. The van der Waals surface area contributed by atoms with Crippen LogP contribution < -0.4 is 0 Å². The second-order valence-corrected chi connectivity index (χ2v) is 6.47. The Morgan fingerprint density at radius 2 is 1.56 bits per heavy atom. The monoisotopic (exact) mass is 250 g/mol. The summed E-state index contributed by atoms with van der Waals surface area (Å²) < 4.78 is 5.30. The third-order valence-electron chi connectivity index (χ3n) is 3.58. The first-order valence-electron chi connectivity index (χ1n) is 6.49. The van der Waals surface area contributed by atoms with E-state index >= 15 is 0 Å². The second-order valence-electron chi connectivity index (χ2n) is 6.47. The largest absolute Gasteiger partial charge is 0.390 e. The van der Waals surface area contributed by atoms with Crippen molar-refractivity contribution in [2.24, 2.45) is 0 Å². The fourth-order valence-electron chi connectivity index (χ4n) is 1.75. The quantitative estimate of drug-likeness (QED) is 0.888. The fourth-order valence-corrected chi connectivity index (χ4v) is 1.75. The molecule has 2 nitrogen and oxygen atoms in total. The maximum atomic E-state index is 10.1. The van der Waals surface area contributed by atoms with Crippen LogP contribution in [0.25, 0.3) is 0 Å². The molecule has 0 radical (unpaired) electrons. The summed E-state index contributed by atoms with van der Waals surface area (Å²) in [6, 6.07) is 8.47. The zero-order chi connectivity index (χ0) is 14.0. The van der Waals surface area contributed by atoms with Crippen molar-refractivity contribution >= 4 is 0 Å². The predicted molar refractivity (Wildman–Crippen MR) is 75.9 cm³/mol. The van der Waals surface area contributed by atoms with Crippen molar-refractivity contribution < 1.29 is 9.84 Å². The van der Waals surface area contributed by atoms with E-state index in [1.807, 2.05) is 13.8 Å². The zero-order valence-electron chi connectivity index (χ0n) is 12.4. The van der Waals surface area contributed by atoms with Gasteiger partial charge in [-0.1, -0.05) is 45.0 Å². The first-order valence-corrected chi connectivity index (χ1v) is 6.49. The zero-order valence-corrected chi connectivity index (χ0v) is 12.4. The molecule has 2 heteroatoms. The molecule has 1 unspecified atom stereocenters. The number of aliphatic hydroxyl groups is 1. The molecule has 0 aliphatic heterocycles. The Labute approximate surface area is 111 Å². The van der Waals surface area contributed by atoms with Gasteiger partial charge in [0.2, 0.25) is 0 Å². The maximum Gasteiger partial charge on any atom is 0.0883 e. The number of aliphatic hydroxyl groups excluding tert-OH is 1. The topological polar surface area (TPSA) is 29.5 Å². The van der Waals surface area contributed by atoms with Gasteiger partial charge in [-0.2, -0.15) is 0 Å². The average Bonchev–Trinajstić information content (AvgIpc) is 2.28. The third kappa shape index (κ3) is 3.82. The number of hydrogen-bond acceptors (Lipinski definition) is 2. The number of rotatable bonds is 4. The molecule has 0 heterocycles. The average molecular weight is 250 g/mol. The highest BCUT2D eigenvalue weighted by Gasteiger charge is 2.27. The van der Waals surface area contributed by atoms with Crippen molar-refractivity contribution in [3.63, 3.8) is 0 Å². The molecule has 1 rings (SSSR count). The molecule has 0 aliphatic carbocycles. The van der Waals surface area contributed by atoms with Crippen LogP contribution in [0, 0.1) is 0 Å². The van der Waals surface area contributed by atoms with Crippen molar-refractivity contribution in [2.45, 2.75) is 58.2 Å². The summed E-state index contributed by atoms with van der Waals surface area (Å²) in [6.45, 7) is 10.4. The summed E-state index contributed by atoms with van der Waals surface area (Å²) in [5, 5.41) is 10.1. The molecular formula is C16H26O2. The van der Waals surface area contributed by atoms with Gasteiger partial charge in [0.05, 0.1) is 11.7 Å². The van der Waals surface area contributed by atoms with E-state index in [1.165, 1.54) is 5.56 Å². The number of hydrogen-bond donors (Lipinski definition) is 1. The van der Waals surface area contributed by atoms with Crippen LogP contribution in [0.5, 0.6) is 0 Å². The lowest BCUT2D eigenvalue weighted by Crippen LogP contribution is -2.39. The van der Waals surface area contributed by atoms with E-state index in [-0.39, 0.29) is 5.41 Å². The van der Waals surface area contributed by atoms with Crippen LogP contribution in [-0.4, -0.2) is 23.9 Å². The van der Waals surface area contributed by atoms with E-state index in [0.29, 0.717) is 6.42 Å². The smallest absolute Gasteiger partial charge is 0.0883 e. The predicted octanol–water partition coefficient (Wildman–Crippen LogP) is 3.31. The van der Waals surface area contributed by atoms with Gasteiger partial charge >= 0.3 is 0 Å². The van der Waals surface area contributed by atoms with Crippen LogP contribution in [0.1, 0.15) is 45.7 Å². The molecule has 0 aliphatic rings. The summed E-state index contributed by atoms with van der Waals surface area (Å²) in [7, 11) is 1.63. The summed E-state index contributed by atoms with van der Waals surface area (Å²) in [4.78, 5) is 0. The molecule has 0 fully saturated rings. The van der Waals surface area contributed by atoms with Gasteiger partial charge in [0, 0.05) is 13.5 Å². The Morgan fingerprint density at radius 1 is 1.06 bits per heavy atom. The highest BCUT2D eigenvalue weighted by atomic mass is 16.5. The molecule has 1 aromatic rings. The van der Waals surface area contributed by atoms with E-state index in [2.05, 4.69) is 45.0 Å². The van der Waals surface area contributed by atoms with Crippen LogP contribution in [0.3, 0.4) is 0 Å². The third-order valence-corrected chi connectivity index (χ3v) is 3.58. The molecule has 0 saturated heterocycles. The van der Waals surface area contributed by atoms with Gasteiger partial charge in [-0.25, -0.2) is 0 Å². The van der Waals surface area contributed by atoms with Gasteiger partial charge in [0.15, 0.2) is 0 Å². The molecule has 0 amide bonds. The molecule has 0 aromatic heterocycles. The van der Waals surface area contributed by atoms with Crippen molar-refractivity contribution in [3.05, 3.63) is 35.4 Å². The first kappa shape index (κ1) is 15.2. The van der Waals surface area contributed by atoms with Crippen molar-refractivity contribution in [1.29, 1.82) is 0 Å². The van der Waals surface area contributed by atoms with Crippen LogP contribution >= 0.6 is 0 Å². The SMILES string of the molecule is COC(C)(C)C(O)Cc1ccc(C(C)(C)C)cc1. The Bertz CT molecular complexity index is 371. The van der Waals surface area contributed by atoms with Crippen LogP contribution in [0.15, 0.2) is 24.3 Å². The lowest BCUT2D eigenvalue weighted by atomic mass is 9.86. The number of methoxy groups -OCH3 is 1.